The molecular weight excluding hydrogens is 283 g/mol. The third-order valence-electron chi connectivity index (χ3n) is 2.41. The predicted octanol–water partition coefficient (Wildman–Crippen LogP) is 0.994. The molecule has 2 amide bonds. The van der Waals surface area contributed by atoms with Crippen molar-refractivity contribution in [3.05, 3.63) is 30.1 Å². The largest absolute Gasteiger partial charge is 0.387 e. The van der Waals surface area contributed by atoms with Crippen LogP contribution in [0.5, 0.6) is 0 Å². The average Bonchev–Trinajstić information content (AvgIpc) is 2.38. The Balaban J connectivity index is 2.52. The van der Waals surface area contributed by atoms with E-state index >= 15 is 0 Å². The van der Waals surface area contributed by atoms with E-state index in [-0.39, 0.29) is 12.2 Å². The molecule has 0 spiro atoms. The predicted molar refractivity (Wildman–Crippen MR) is 77.0 cm³/mol. The average molecular weight is 300 g/mol. The zero-order valence-electron chi connectivity index (χ0n) is 11.3. The zero-order chi connectivity index (χ0) is 15.2. The number of amides is 2. The molecule has 0 aliphatic heterocycles. The van der Waals surface area contributed by atoms with Crippen molar-refractivity contribution in [1.82, 2.24) is 5.32 Å². The molecule has 110 valence electrons. The van der Waals surface area contributed by atoms with Crippen LogP contribution in [0.1, 0.15) is 6.92 Å². The van der Waals surface area contributed by atoms with Crippen LogP contribution in [0.25, 0.3) is 0 Å². The van der Waals surface area contributed by atoms with E-state index in [1.54, 1.807) is 13.0 Å². The SMILES string of the molecule is CSCC(C)(O)CNC(=O)C(=O)Nc1ccccc1F. The Kier molecular flexibility index (Phi) is 5.97. The fraction of sp³-hybridized carbons (Fsp3) is 0.385. The third-order valence-corrected chi connectivity index (χ3v) is 3.32. The maximum absolute atomic E-state index is 13.3. The van der Waals surface area contributed by atoms with E-state index in [2.05, 4.69) is 10.6 Å². The van der Waals surface area contributed by atoms with Crippen LogP contribution < -0.4 is 10.6 Å². The Morgan fingerprint density at radius 3 is 2.60 bits per heavy atom. The van der Waals surface area contributed by atoms with Crippen molar-refractivity contribution in [3.8, 4) is 0 Å². The molecule has 0 heterocycles. The van der Waals surface area contributed by atoms with Gasteiger partial charge in [-0.1, -0.05) is 12.1 Å². The topological polar surface area (TPSA) is 78.4 Å². The second-order valence-corrected chi connectivity index (χ2v) is 5.41. The summed E-state index contributed by atoms with van der Waals surface area (Å²) in [5.41, 5.74) is -1.17. The van der Waals surface area contributed by atoms with Crippen molar-refractivity contribution in [1.29, 1.82) is 0 Å². The minimum Gasteiger partial charge on any atom is -0.387 e. The molecule has 3 N–H and O–H groups in total. The summed E-state index contributed by atoms with van der Waals surface area (Å²) in [5.74, 6) is -2.10. The van der Waals surface area contributed by atoms with E-state index in [1.807, 2.05) is 6.26 Å². The second-order valence-electron chi connectivity index (χ2n) is 4.55. The van der Waals surface area contributed by atoms with Gasteiger partial charge >= 0.3 is 11.8 Å². The van der Waals surface area contributed by atoms with E-state index < -0.39 is 23.2 Å². The Labute approximate surface area is 120 Å². The fourth-order valence-corrected chi connectivity index (χ4v) is 2.18. The molecule has 0 saturated heterocycles. The summed E-state index contributed by atoms with van der Waals surface area (Å²) in [7, 11) is 0. The van der Waals surface area contributed by atoms with Crippen molar-refractivity contribution >= 4 is 29.3 Å². The molecule has 1 rings (SSSR count). The molecule has 0 fully saturated rings. The number of carbonyl (C=O) groups is 2. The molecule has 1 unspecified atom stereocenters. The Morgan fingerprint density at radius 2 is 2.00 bits per heavy atom. The van der Waals surface area contributed by atoms with Crippen molar-refractivity contribution < 1.29 is 19.1 Å². The highest BCUT2D eigenvalue weighted by atomic mass is 32.2. The minimum absolute atomic E-state index is 0.0582. The lowest BCUT2D eigenvalue weighted by atomic mass is 10.1. The first kappa shape index (κ1) is 16.5. The molecule has 0 radical (unpaired) electrons. The Bertz CT molecular complexity index is 494. The first-order valence-electron chi connectivity index (χ1n) is 5.91. The van der Waals surface area contributed by atoms with Gasteiger partial charge in [0.2, 0.25) is 0 Å². The number of thioether (sulfide) groups is 1. The number of halogens is 1. The van der Waals surface area contributed by atoms with Crippen LogP contribution in [-0.2, 0) is 9.59 Å². The van der Waals surface area contributed by atoms with Gasteiger partial charge in [0, 0.05) is 12.3 Å². The zero-order valence-corrected chi connectivity index (χ0v) is 12.1. The van der Waals surface area contributed by atoms with Crippen LogP contribution in [0.3, 0.4) is 0 Å². The molecule has 0 aliphatic carbocycles. The molecule has 0 aliphatic rings. The molecule has 5 nitrogen and oxygen atoms in total. The first-order valence-corrected chi connectivity index (χ1v) is 7.30. The fourth-order valence-electron chi connectivity index (χ4n) is 1.45. The minimum atomic E-state index is -1.10. The van der Waals surface area contributed by atoms with Crippen molar-refractivity contribution in [2.45, 2.75) is 12.5 Å². The van der Waals surface area contributed by atoms with Gasteiger partial charge in [-0.15, -0.1) is 0 Å². The van der Waals surface area contributed by atoms with Crippen molar-refractivity contribution in [2.75, 3.05) is 23.9 Å². The Hall–Kier alpha value is -1.60. The number of anilines is 1. The molecule has 0 bridgehead atoms. The van der Waals surface area contributed by atoms with Gasteiger partial charge in [-0.3, -0.25) is 9.59 Å². The highest BCUT2D eigenvalue weighted by molar-refractivity contribution is 7.98. The lowest BCUT2D eigenvalue weighted by Gasteiger charge is -2.22. The van der Waals surface area contributed by atoms with Crippen LogP contribution >= 0.6 is 11.8 Å². The summed E-state index contributed by atoms with van der Waals surface area (Å²) in [6.45, 7) is 1.50. The lowest BCUT2D eigenvalue weighted by molar-refractivity contribution is -0.136. The van der Waals surface area contributed by atoms with Crippen LogP contribution in [0.2, 0.25) is 0 Å². The summed E-state index contributed by atoms with van der Waals surface area (Å²) < 4.78 is 13.3. The van der Waals surface area contributed by atoms with Gasteiger partial charge in [-0.05, 0) is 25.3 Å². The van der Waals surface area contributed by atoms with Crippen LogP contribution in [0.15, 0.2) is 24.3 Å². The van der Waals surface area contributed by atoms with Gasteiger partial charge in [-0.25, -0.2) is 4.39 Å². The van der Waals surface area contributed by atoms with Crippen LogP contribution in [0.4, 0.5) is 10.1 Å². The summed E-state index contributed by atoms with van der Waals surface area (Å²) in [6, 6.07) is 5.55. The highest BCUT2D eigenvalue weighted by Gasteiger charge is 2.23. The maximum Gasteiger partial charge on any atom is 0.313 e. The molecule has 1 atom stereocenters. The van der Waals surface area contributed by atoms with Crippen LogP contribution in [0, 0.1) is 5.82 Å². The van der Waals surface area contributed by atoms with Gasteiger partial charge in [0.15, 0.2) is 0 Å². The Morgan fingerprint density at radius 1 is 1.35 bits per heavy atom. The van der Waals surface area contributed by atoms with Crippen LogP contribution in [-0.4, -0.2) is 41.1 Å². The third kappa shape index (κ3) is 5.18. The monoisotopic (exact) mass is 300 g/mol. The smallest absolute Gasteiger partial charge is 0.313 e. The standard InChI is InChI=1S/C13H17FN2O3S/c1-13(19,8-20-2)7-15-11(17)12(18)16-10-6-4-3-5-9(10)14/h3-6,19H,7-8H2,1-2H3,(H,15,17)(H,16,18). The number of hydrogen-bond donors (Lipinski definition) is 3. The number of hydrogen-bond acceptors (Lipinski definition) is 4. The maximum atomic E-state index is 13.3. The molecule has 20 heavy (non-hydrogen) atoms. The van der Waals surface area contributed by atoms with Gasteiger partial charge in [0.25, 0.3) is 0 Å². The summed E-state index contributed by atoms with van der Waals surface area (Å²) in [5, 5.41) is 14.3. The summed E-state index contributed by atoms with van der Waals surface area (Å²) in [6.07, 6.45) is 1.82. The van der Waals surface area contributed by atoms with E-state index in [0.717, 1.165) is 0 Å². The summed E-state index contributed by atoms with van der Waals surface area (Å²) in [4.78, 5) is 23.1. The van der Waals surface area contributed by atoms with E-state index in [9.17, 15) is 19.1 Å². The number of nitrogens with one attached hydrogen (secondary N) is 2. The highest BCUT2D eigenvalue weighted by Crippen LogP contribution is 2.12. The molecule has 0 saturated carbocycles. The van der Waals surface area contributed by atoms with E-state index in [4.69, 9.17) is 0 Å². The lowest BCUT2D eigenvalue weighted by Crippen LogP contribution is -2.45. The molecule has 1 aromatic rings. The normalized spacial score (nSPS) is 13.4. The number of carbonyl (C=O) groups excluding carboxylic acids is 2. The van der Waals surface area contributed by atoms with Gasteiger partial charge in [-0.2, -0.15) is 11.8 Å². The first-order chi connectivity index (χ1) is 9.35. The van der Waals surface area contributed by atoms with Crippen molar-refractivity contribution in [3.63, 3.8) is 0 Å². The number of benzene rings is 1. The number of rotatable bonds is 5. The number of aliphatic hydroxyl groups is 1. The van der Waals surface area contributed by atoms with E-state index in [0.29, 0.717) is 5.75 Å². The molecular formula is C13H17FN2O3S. The quantitative estimate of drug-likeness (QED) is 0.709. The molecule has 7 heteroatoms. The number of para-hydroxylation sites is 1. The molecule has 0 aromatic heterocycles. The summed E-state index contributed by atoms with van der Waals surface area (Å²) >= 11 is 1.42. The van der Waals surface area contributed by atoms with E-state index in [1.165, 1.54) is 30.0 Å². The second kappa shape index (κ2) is 7.25. The van der Waals surface area contributed by atoms with Gasteiger partial charge < -0.3 is 15.7 Å². The van der Waals surface area contributed by atoms with Gasteiger partial charge in [0.05, 0.1) is 11.3 Å². The van der Waals surface area contributed by atoms with Crippen molar-refractivity contribution in [2.24, 2.45) is 0 Å². The van der Waals surface area contributed by atoms with Gasteiger partial charge in [0.1, 0.15) is 5.82 Å². The molecule has 1 aromatic carbocycles.